The number of carbonyl (C=O) groups is 2. The Morgan fingerprint density at radius 3 is 2.25 bits per heavy atom. The van der Waals surface area contributed by atoms with Gasteiger partial charge >= 0.3 is 12.1 Å². The van der Waals surface area contributed by atoms with Gasteiger partial charge in [-0.3, -0.25) is 4.79 Å². The van der Waals surface area contributed by atoms with E-state index in [-0.39, 0.29) is 18.4 Å². The van der Waals surface area contributed by atoms with E-state index in [1.165, 1.54) is 7.11 Å². The number of esters is 1. The first-order valence-corrected chi connectivity index (χ1v) is 5.34. The van der Waals surface area contributed by atoms with Crippen LogP contribution in [-0.2, 0) is 14.3 Å². The Balaban J connectivity index is 4.12. The molecule has 1 atom stereocenters. The van der Waals surface area contributed by atoms with Crippen molar-refractivity contribution >= 4 is 12.1 Å². The van der Waals surface area contributed by atoms with Crippen LogP contribution in [0.5, 0.6) is 0 Å². The number of rotatable bonds is 4. The molecule has 0 aromatic carbocycles. The fourth-order valence-electron chi connectivity index (χ4n) is 1.06. The van der Waals surface area contributed by atoms with Crippen LogP contribution in [0.2, 0.25) is 0 Å². The van der Waals surface area contributed by atoms with Crippen molar-refractivity contribution in [3.63, 3.8) is 0 Å². The minimum Gasteiger partial charge on any atom is -0.469 e. The predicted octanol–water partition coefficient (Wildman–Crippen LogP) is 1.85. The average molecular weight is 231 g/mol. The van der Waals surface area contributed by atoms with Gasteiger partial charge in [0.1, 0.15) is 5.60 Å². The Hall–Kier alpha value is -1.26. The molecule has 0 heterocycles. The SMILES string of the molecule is CC[C@@H](CC(=O)OC)NC(=O)OC(C)(C)C. The number of ether oxygens (including phenoxy) is 2. The molecule has 5 nitrogen and oxygen atoms in total. The van der Waals surface area contributed by atoms with Gasteiger partial charge in [-0.25, -0.2) is 4.79 Å². The first kappa shape index (κ1) is 14.7. The van der Waals surface area contributed by atoms with E-state index in [0.717, 1.165) is 0 Å². The molecule has 0 radical (unpaired) electrons. The molecule has 5 heteroatoms. The summed E-state index contributed by atoms with van der Waals surface area (Å²) >= 11 is 0. The molecule has 0 saturated heterocycles. The summed E-state index contributed by atoms with van der Waals surface area (Å²) in [4.78, 5) is 22.4. The Bertz CT molecular complexity index is 245. The first-order valence-electron chi connectivity index (χ1n) is 5.34. The van der Waals surface area contributed by atoms with Gasteiger partial charge in [0.25, 0.3) is 0 Å². The van der Waals surface area contributed by atoms with Crippen LogP contribution in [0.1, 0.15) is 40.5 Å². The van der Waals surface area contributed by atoms with Crippen molar-refractivity contribution in [1.29, 1.82) is 0 Å². The zero-order valence-electron chi connectivity index (χ0n) is 10.6. The topological polar surface area (TPSA) is 64.6 Å². The zero-order valence-corrected chi connectivity index (χ0v) is 10.6. The fourth-order valence-corrected chi connectivity index (χ4v) is 1.06. The van der Waals surface area contributed by atoms with E-state index in [1.54, 1.807) is 20.8 Å². The molecule has 0 aliphatic heterocycles. The summed E-state index contributed by atoms with van der Waals surface area (Å²) in [5, 5.41) is 2.63. The van der Waals surface area contributed by atoms with E-state index in [2.05, 4.69) is 10.1 Å². The average Bonchev–Trinajstić information content (AvgIpc) is 2.13. The third-order valence-electron chi connectivity index (χ3n) is 1.85. The molecule has 1 amide bonds. The number of nitrogens with one attached hydrogen (secondary N) is 1. The van der Waals surface area contributed by atoms with Crippen LogP contribution in [0.25, 0.3) is 0 Å². The number of hydrogen-bond acceptors (Lipinski definition) is 4. The lowest BCUT2D eigenvalue weighted by Crippen LogP contribution is -2.40. The highest BCUT2D eigenvalue weighted by molar-refractivity contribution is 5.72. The quantitative estimate of drug-likeness (QED) is 0.750. The Labute approximate surface area is 96.5 Å². The highest BCUT2D eigenvalue weighted by Crippen LogP contribution is 2.08. The van der Waals surface area contributed by atoms with Gasteiger partial charge in [-0.2, -0.15) is 0 Å². The summed E-state index contributed by atoms with van der Waals surface area (Å²) in [5.41, 5.74) is -0.534. The monoisotopic (exact) mass is 231 g/mol. The first-order chi connectivity index (χ1) is 7.28. The molecule has 16 heavy (non-hydrogen) atoms. The molecule has 0 aromatic rings. The zero-order chi connectivity index (χ0) is 12.8. The maximum atomic E-state index is 11.4. The molecular weight excluding hydrogens is 210 g/mol. The number of alkyl carbamates (subject to hydrolysis) is 1. The second-order valence-electron chi connectivity index (χ2n) is 4.53. The van der Waals surface area contributed by atoms with E-state index in [4.69, 9.17) is 4.74 Å². The third kappa shape index (κ3) is 7.09. The van der Waals surface area contributed by atoms with E-state index < -0.39 is 11.7 Å². The maximum Gasteiger partial charge on any atom is 0.407 e. The van der Waals surface area contributed by atoms with Crippen LogP contribution in [0.3, 0.4) is 0 Å². The van der Waals surface area contributed by atoms with Crippen molar-refractivity contribution in [2.45, 2.75) is 52.2 Å². The van der Waals surface area contributed by atoms with Gasteiger partial charge in [0.15, 0.2) is 0 Å². The Kier molecular flexibility index (Phi) is 5.85. The van der Waals surface area contributed by atoms with E-state index in [0.29, 0.717) is 6.42 Å². The number of methoxy groups -OCH3 is 1. The van der Waals surface area contributed by atoms with Gasteiger partial charge in [-0.15, -0.1) is 0 Å². The lowest BCUT2D eigenvalue weighted by Gasteiger charge is -2.22. The van der Waals surface area contributed by atoms with Crippen LogP contribution < -0.4 is 5.32 Å². The number of hydrogen-bond donors (Lipinski definition) is 1. The van der Waals surface area contributed by atoms with Crippen molar-refractivity contribution in [1.82, 2.24) is 5.32 Å². The van der Waals surface area contributed by atoms with Gasteiger partial charge in [0.2, 0.25) is 0 Å². The van der Waals surface area contributed by atoms with Crippen molar-refractivity contribution in [3.8, 4) is 0 Å². The summed E-state index contributed by atoms with van der Waals surface area (Å²) in [5.74, 6) is -0.345. The molecule has 0 rings (SSSR count). The summed E-state index contributed by atoms with van der Waals surface area (Å²) in [7, 11) is 1.32. The fraction of sp³-hybridized carbons (Fsp3) is 0.818. The third-order valence-corrected chi connectivity index (χ3v) is 1.85. The maximum absolute atomic E-state index is 11.4. The van der Waals surface area contributed by atoms with Crippen molar-refractivity contribution in [2.75, 3.05) is 7.11 Å². The normalized spacial score (nSPS) is 12.8. The second-order valence-corrected chi connectivity index (χ2v) is 4.53. The van der Waals surface area contributed by atoms with Crippen molar-refractivity contribution in [3.05, 3.63) is 0 Å². The van der Waals surface area contributed by atoms with E-state index in [1.807, 2.05) is 6.92 Å². The summed E-state index contributed by atoms with van der Waals surface area (Å²) in [6.07, 6.45) is 0.295. The standard InChI is InChI=1S/C11H21NO4/c1-6-8(7-9(13)15-5)12-10(14)16-11(2,3)4/h8H,6-7H2,1-5H3,(H,12,14)/t8-/m0/s1. The van der Waals surface area contributed by atoms with Crippen LogP contribution in [-0.4, -0.2) is 30.8 Å². The number of amides is 1. The van der Waals surface area contributed by atoms with Crippen LogP contribution in [0.4, 0.5) is 4.79 Å². The predicted molar refractivity (Wildman–Crippen MR) is 60.1 cm³/mol. The van der Waals surface area contributed by atoms with Gasteiger partial charge in [0, 0.05) is 6.04 Å². The second kappa shape index (κ2) is 6.35. The molecular formula is C11H21NO4. The molecule has 0 saturated carbocycles. The van der Waals surface area contributed by atoms with Gasteiger partial charge in [-0.05, 0) is 27.2 Å². The molecule has 0 bridgehead atoms. The molecule has 0 aliphatic carbocycles. The van der Waals surface area contributed by atoms with Crippen molar-refractivity contribution in [2.24, 2.45) is 0 Å². The highest BCUT2D eigenvalue weighted by Gasteiger charge is 2.20. The smallest absolute Gasteiger partial charge is 0.407 e. The molecule has 1 N–H and O–H groups in total. The Morgan fingerprint density at radius 2 is 1.88 bits per heavy atom. The van der Waals surface area contributed by atoms with Crippen LogP contribution >= 0.6 is 0 Å². The van der Waals surface area contributed by atoms with E-state index in [9.17, 15) is 9.59 Å². The lowest BCUT2D eigenvalue weighted by molar-refractivity contribution is -0.141. The summed E-state index contributed by atoms with van der Waals surface area (Å²) in [6, 6.07) is -0.248. The van der Waals surface area contributed by atoms with Gasteiger partial charge in [0.05, 0.1) is 13.5 Å². The van der Waals surface area contributed by atoms with Crippen LogP contribution in [0, 0.1) is 0 Å². The van der Waals surface area contributed by atoms with Crippen molar-refractivity contribution < 1.29 is 19.1 Å². The molecule has 0 aliphatic rings. The van der Waals surface area contributed by atoms with Gasteiger partial charge in [-0.1, -0.05) is 6.92 Å². The highest BCUT2D eigenvalue weighted by atomic mass is 16.6. The largest absolute Gasteiger partial charge is 0.469 e. The molecule has 0 aromatic heterocycles. The lowest BCUT2D eigenvalue weighted by atomic mass is 10.1. The van der Waals surface area contributed by atoms with E-state index >= 15 is 0 Å². The number of carbonyl (C=O) groups excluding carboxylic acids is 2. The molecule has 0 fully saturated rings. The minimum atomic E-state index is -0.534. The van der Waals surface area contributed by atoms with Gasteiger partial charge < -0.3 is 14.8 Å². The molecule has 94 valence electrons. The minimum absolute atomic E-state index is 0.159. The van der Waals surface area contributed by atoms with Crippen LogP contribution in [0.15, 0.2) is 0 Å². The molecule has 0 spiro atoms. The summed E-state index contributed by atoms with van der Waals surface area (Å²) < 4.78 is 9.62. The Morgan fingerprint density at radius 1 is 1.31 bits per heavy atom. The molecule has 0 unspecified atom stereocenters. The summed E-state index contributed by atoms with van der Waals surface area (Å²) in [6.45, 7) is 7.24.